The van der Waals surface area contributed by atoms with Crippen molar-refractivity contribution in [3.8, 4) is 0 Å². The third kappa shape index (κ3) is 2.11. The van der Waals surface area contributed by atoms with Crippen LogP contribution in [0.25, 0.3) is 5.76 Å². The van der Waals surface area contributed by atoms with Crippen molar-refractivity contribution in [2.75, 3.05) is 0 Å². The number of allylic oxidation sites excluding steroid dienone is 1. The fourth-order valence-electron chi connectivity index (χ4n) is 0.884. The molecule has 0 aromatic carbocycles. The van der Waals surface area contributed by atoms with E-state index in [4.69, 9.17) is 9.52 Å². The molecule has 4 heteroatoms. The van der Waals surface area contributed by atoms with Gasteiger partial charge in [0.15, 0.2) is 11.5 Å². The molecule has 0 aliphatic heterocycles. The zero-order valence-electron chi connectivity index (χ0n) is 7.15. The Hall–Kier alpha value is -1.71. The van der Waals surface area contributed by atoms with Crippen LogP contribution >= 0.6 is 0 Å². The summed E-state index contributed by atoms with van der Waals surface area (Å²) >= 11 is 0. The predicted molar refractivity (Wildman–Crippen MR) is 46.6 cm³/mol. The molecule has 0 bridgehead atoms. The molecule has 1 rings (SSSR count). The van der Waals surface area contributed by atoms with Crippen LogP contribution in [0, 0.1) is 0 Å². The third-order valence-corrected chi connectivity index (χ3v) is 1.47. The van der Waals surface area contributed by atoms with Crippen LogP contribution in [0.3, 0.4) is 0 Å². The van der Waals surface area contributed by atoms with Crippen LogP contribution in [-0.4, -0.2) is 16.2 Å². The van der Waals surface area contributed by atoms with E-state index < -0.39 is 5.97 Å². The quantitative estimate of drug-likeness (QED) is 0.703. The largest absolute Gasteiger partial charge is 0.504 e. The monoisotopic (exact) mass is 182 g/mol. The number of hydrogen-bond acceptors (Lipinski definition) is 3. The molecule has 0 atom stereocenters. The fourth-order valence-corrected chi connectivity index (χ4v) is 0.884. The van der Waals surface area contributed by atoms with Crippen LogP contribution in [0.4, 0.5) is 0 Å². The van der Waals surface area contributed by atoms with Gasteiger partial charge in [0.1, 0.15) is 0 Å². The van der Waals surface area contributed by atoms with Gasteiger partial charge in [0.25, 0.3) is 0 Å². The van der Waals surface area contributed by atoms with Crippen LogP contribution in [0.15, 0.2) is 22.6 Å². The summed E-state index contributed by atoms with van der Waals surface area (Å²) < 4.78 is 4.84. The Balaban J connectivity index is 2.92. The second-order valence-electron chi connectivity index (χ2n) is 2.47. The van der Waals surface area contributed by atoms with Crippen molar-refractivity contribution in [1.82, 2.24) is 0 Å². The summed E-state index contributed by atoms with van der Waals surface area (Å²) in [4.78, 5) is 10.4. The lowest BCUT2D eigenvalue weighted by atomic mass is 10.3. The van der Waals surface area contributed by atoms with Crippen molar-refractivity contribution in [2.45, 2.75) is 13.3 Å². The summed E-state index contributed by atoms with van der Waals surface area (Å²) in [6.45, 7) is 1.86. The van der Waals surface area contributed by atoms with Crippen molar-refractivity contribution in [3.05, 3.63) is 29.7 Å². The maximum absolute atomic E-state index is 10.4. The third-order valence-electron chi connectivity index (χ3n) is 1.47. The van der Waals surface area contributed by atoms with Crippen molar-refractivity contribution in [1.29, 1.82) is 0 Å². The molecule has 70 valence electrons. The molecule has 0 aliphatic carbocycles. The van der Waals surface area contributed by atoms with E-state index in [1.807, 2.05) is 6.92 Å². The minimum Gasteiger partial charge on any atom is -0.504 e. The number of furan rings is 1. The molecular formula is C9H10O4. The van der Waals surface area contributed by atoms with E-state index in [9.17, 15) is 9.90 Å². The van der Waals surface area contributed by atoms with E-state index in [1.165, 1.54) is 12.1 Å². The van der Waals surface area contributed by atoms with Crippen LogP contribution in [0.5, 0.6) is 0 Å². The molecule has 0 amide bonds. The summed E-state index contributed by atoms with van der Waals surface area (Å²) in [5, 5.41) is 17.8. The number of carboxylic acids is 1. The minimum atomic E-state index is -1.14. The summed E-state index contributed by atoms with van der Waals surface area (Å²) in [5.41, 5.74) is 0. The highest BCUT2D eigenvalue weighted by atomic mass is 16.4. The Bertz CT molecular complexity index is 335. The highest BCUT2D eigenvalue weighted by Crippen LogP contribution is 2.15. The first-order valence-electron chi connectivity index (χ1n) is 3.87. The van der Waals surface area contributed by atoms with Crippen molar-refractivity contribution < 1.29 is 19.4 Å². The molecule has 0 aliphatic rings. The predicted octanol–water partition coefficient (Wildman–Crippen LogP) is 2.29. The minimum absolute atomic E-state index is 0.0324. The average Bonchev–Trinajstić information content (AvgIpc) is 2.52. The average molecular weight is 182 g/mol. The van der Waals surface area contributed by atoms with Gasteiger partial charge < -0.3 is 14.6 Å². The molecular weight excluding hydrogens is 172 g/mol. The van der Waals surface area contributed by atoms with Gasteiger partial charge in [-0.15, -0.1) is 0 Å². The van der Waals surface area contributed by atoms with Crippen LogP contribution < -0.4 is 0 Å². The number of carbonyl (C=O) groups is 1. The first-order chi connectivity index (χ1) is 6.15. The van der Waals surface area contributed by atoms with Crippen LogP contribution in [0.2, 0.25) is 0 Å². The maximum Gasteiger partial charge on any atom is 0.371 e. The summed E-state index contributed by atoms with van der Waals surface area (Å²) in [6.07, 6.45) is 2.21. The van der Waals surface area contributed by atoms with E-state index in [1.54, 1.807) is 6.08 Å². The van der Waals surface area contributed by atoms with Crippen LogP contribution in [-0.2, 0) is 0 Å². The molecule has 1 aromatic heterocycles. The molecule has 0 saturated heterocycles. The summed E-state index contributed by atoms with van der Waals surface area (Å²) in [6, 6.07) is 2.72. The van der Waals surface area contributed by atoms with E-state index >= 15 is 0 Å². The van der Waals surface area contributed by atoms with Crippen molar-refractivity contribution in [3.63, 3.8) is 0 Å². The number of aliphatic hydroxyl groups excluding tert-OH is 1. The van der Waals surface area contributed by atoms with Gasteiger partial charge in [0.05, 0.1) is 0 Å². The Morgan fingerprint density at radius 1 is 1.46 bits per heavy atom. The fraction of sp³-hybridized carbons (Fsp3) is 0.222. The van der Waals surface area contributed by atoms with Gasteiger partial charge in [-0.3, -0.25) is 0 Å². The lowest BCUT2D eigenvalue weighted by Crippen LogP contribution is -1.91. The molecule has 0 saturated carbocycles. The number of aromatic carboxylic acids is 1. The molecule has 1 aromatic rings. The first kappa shape index (κ1) is 9.38. The van der Waals surface area contributed by atoms with E-state index in [2.05, 4.69) is 0 Å². The highest BCUT2D eigenvalue weighted by Gasteiger charge is 2.10. The lowest BCUT2D eigenvalue weighted by molar-refractivity contribution is 0.0661. The van der Waals surface area contributed by atoms with Crippen LogP contribution in [0.1, 0.15) is 29.7 Å². The topological polar surface area (TPSA) is 70.7 Å². The lowest BCUT2D eigenvalue weighted by Gasteiger charge is -1.92. The smallest absolute Gasteiger partial charge is 0.371 e. The van der Waals surface area contributed by atoms with E-state index in [0.717, 1.165) is 0 Å². The van der Waals surface area contributed by atoms with Gasteiger partial charge in [0.2, 0.25) is 5.76 Å². The molecule has 0 unspecified atom stereocenters. The van der Waals surface area contributed by atoms with Crippen molar-refractivity contribution >= 4 is 11.7 Å². The molecule has 0 fully saturated rings. The number of rotatable bonds is 3. The summed E-state index contributed by atoms with van der Waals surface area (Å²) in [5.74, 6) is -1.17. The molecule has 13 heavy (non-hydrogen) atoms. The standard InChI is InChI=1S/C9H10O4/c1-2-3-6(10)7-4-5-8(13-7)9(11)12/h3-5,10H,2H2,1H3,(H,11,12). The van der Waals surface area contributed by atoms with Gasteiger partial charge in [-0.1, -0.05) is 6.92 Å². The Morgan fingerprint density at radius 3 is 2.54 bits per heavy atom. The highest BCUT2D eigenvalue weighted by molar-refractivity contribution is 5.84. The van der Waals surface area contributed by atoms with E-state index in [0.29, 0.717) is 6.42 Å². The molecule has 0 radical (unpaired) electrons. The molecule has 0 spiro atoms. The zero-order valence-corrected chi connectivity index (χ0v) is 7.15. The Kier molecular flexibility index (Phi) is 2.74. The SMILES string of the molecule is CCC=C(O)c1ccc(C(=O)O)o1. The maximum atomic E-state index is 10.4. The molecule has 4 nitrogen and oxygen atoms in total. The van der Waals surface area contributed by atoms with Gasteiger partial charge in [0, 0.05) is 0 Å². The van der Waals surface area contributed by atoms with Gasteiger partial charge >= 0.3 is 5.97 Å². The normalized spacial score (nSPS) is 11.6. The van der Waals surface area contributed by atoms with Gasteiger partial charge in [-0.2, -0.15) is 0 Å². The zero-order chi connectivity index (χ0) is 9.84. The Labute approximate surface area is 75.1 Å². The second-order valence-corrected chi connectivity index (χ2v) is 2.47. The van der Waals surface area contributed by atoms with Crippen molar-refractivity contribution in [2.24, 2.45) is 0 Å². The molecule has 2 N–H and O–H groups in total. The Morgan fingerprint density at radius 2 is 2.08 bits per heavy atom. The van der Waals surface area contributed by atoms with Gasteiger partial charge in [-0.05, 0) is 24.6 Å². The summed E-state index contributed by atoms with van der Waals surface area (Å²) in [7, 11) is 0. The van der Waals surface area contributed by atoms with E-state index in [-0.39, 0.29) is 17.3 Å². The number of aliphatic hydroxyl groups is 1. The first-order valence-corrected chi connectivity index (χ1v) is 3.87. The number of carboxylic acid groups (broad SMARTS) is 1. The molecule has 1 heterocycles. The van der Waals surface area contributed by atoms with Gasteiger partial charge in [-0.25, -0.2) is 4.79 Å². The second kappa shape index (κ2) is 3.80. The number of hydrogen-bond donors (Lipinski definition) is 2.